The number of ether oxygens (including phenoxy) is 1. The number of amides is 4. The predicted octanol–water partition coefficient (Wildman–Crippen LogP) is 6.67. The molecule has 420 valence electrons. The number of likely N-dealkylation sites (tertiary alicyclic amines) is 1. The van der Waals surface area contributed by atoms with Gasteiger partial charge >= 0.3 is 6.09 Å². The predicted molar refractivity (Wildman–Crippen MR) is 307 cm³/mol. The Balaban J connectivity index is 0.649. The lowest BCUT2D eigenvalue weighted by Gasteiger charge is -2.42. The largest absolute Gasteiger partial charge is 0.444 e. The van der Waals surface area contributed by atoms with Gasteiger partial charge in [-0.25, -0.2) is 19.7 Å². The molecule has 4 saturated heterocycles. The van der Waals surface area contributed by atoms with Gasteiger partial charge in [0.05, 0.1) is 24.3 Å². The van der Waals surface area contributed by atoms with Crippen molar-refractivity contribution in [1.29, 1.82) is 0 Å². The molecular formula is C56H72ClN15O5S2. The summed E-state index contributed by atoms with van der Waals surface area (Å²) in [6.07, 6.45) is 11.4. The number of hydrogen-bond donors (Lipinski definition) is 3. The topological polar surface area (TPSA) is 206 Å². The van der Waals surface area contributed by atoms with Crippen LogP contribution >= 0.6 is 34.7 Å². The van der Waals surface area contributed by atoms with Gasteiger partial charge in [-0.05, 0) is 113 Å². The number of aromatic nitrogens is 7. The monoisotopic (exact) mass is 1130 g/mol. The van der Waals surface area contributed by atoms with Gasteiger partial charge in [-0.3, -0.25) is 24.2 Å². The van der Waals surface area contributed by atoms with Crippen molar-refractivity contribution in [3.05, 3.63) is 106 Å². The summed E-state index contributed by atoms with van der Waals surface area (Å²) in [5.74, 6) is 1.91. The number of aryl methyl sites for hydroxylation is 1. The fourth-order valence-corrected chi connectivity index (χ4v) is 13.1. The first-order valence-electron chi connectivity index (χ1n) is 27.5. The van der Waals surface area contributed by atoms with Crippen LogP contribution in [0.1, 0.15) is 85.4 Å². The average Bonchev–Trinajstić information content (AvgIpc) is 4.29. The number of halogens is 1. The van der Waals surface area contributed by atoms with Crippen molar-refractivity contribution in [1.82, 2.24) is 69.8 Å². The van der Waals surface area contributed by atoms with E-state index in [0.29, 0.717) is 74.5 Å². The number of aromatic amines is 1. The smallest absolute Gasteiger partial charge is 0.408 e. The highest BCUT2D eigenvalue weighted by molar-refractivity contribution is 8.00. The number of nitrogens with one attached hydrogen (secondary N) is 3. The first-order valence-corrected chi connectivity index (χ1v) is 29.7. The van der Waals surface area contributed by atoms with E-state index >= 15 is 0 Å². The molecule has 0 aliphatic carbocycles. The molecule has 79 heavy (non-hydrogen) atoms. The molecule has 4 fully saturated rings. The number of thioether (sulfide) groups is 1. The van der Waals surface area contributed by atoms with E-state index in [-0.39, 0.29) is 23.8 Å². The minimum atomic E-state index is -1.24. The minimum absolute atomic E-state index is 0.0282. The second kappa shape index (κ2) is 25.1. The van der Waals surface area contributed by atoms with Crippen LogP contribution in [0.5, 0.6) is 0 Å². The molecule has 4 aromatic heterocycles. The zero-order valence-electron chi connectivity index (χ0n) is 45.6. The lowest BCUT2D eigenvalue weighted by atomic mass is 9.85. The third-order valence-corrected chi connectivity index (χ3v) is 18.1. The number of benzene rings is 2. The molecule has 0 unspecified atom stereocenters. The summed E-state index contributed by atoms with van der Waals surface area (Å²) >= 11 is 9.33. The molecule has 1 atom stereocenters. The van der Waals surface area contributed by atoms with E-state index in [1.807, 2.05) is 57.1 Å². The number of rotatable bonds is 17. The number of alkyl carbamates (subject to hydrolysis) is 1. The molecule has 0 spiro atoms. The number of anilines is 1. The van der Waals surface area contributed by atoms with Gasteiger partial charge in [0.2, 0.25) is 16.8 Å². The molecule has 0 radical (unpaired) electrons. The zero-order valence-corrected chi connectivity index (χ0v) is 48.0. The molecular weight excluding hydrogens is 1060 g/mol. The van der Waals surface area contributed by atoms with E-state index in [1.165, 1.54) is 28.8 Å². The number of fused-ring (bicyclic) bond motifs is 1. The maximum atomic E-state index is 14.7. The van der Waals surface area contributed by atoms with Crippen molar-refractivity contribution in [2.75, 3.05) is 103 Å². The molecule has 4 aliphatic heterocycles. The van der Waals surface area contributed by atoms with Crippen LogP contribution in [-0.2, 0) is 20.1 Å². The van der Waals surface area contributed by atoms with E-state index in [1.54, 1.807) is 45.1 Å². The van der Waals surface area contributed by atoms with Crippen LogP contribution in [0.25, 0.3) is 16.7 Å². The van der Waals surface area contributed by atoms with Crippen molar-refractivity contribution in [3.63, 3.8) is 0 Å². The molecule has 4 aliphatic rings. The van der Waals surface area contributed by atoms with Gasteiger partial charge in [0.1, 0.15) is 28.9 Å². The molecule has 23 heteroatoms. The molecule has 0 saturated carbocycles. The van der Waals surface area contributed by atoms with E-state index in [0.717, 1.165) is 110 Å². The zero-order chi connectivity index (χ0) is 55.1. The Labute approximate surface area is 475 Å². The van der Waals surface area contributed by atoms with Crippen LogP contribution in [0, 0.1) is 12.8 Å². The number of nitrogens with zero attached hydrogens (tertiary/aromatic N) is 12. The SMILES string of the molecule is Cc1cc(-n2ccnc2)ccc1CSc1nnc(C(=O)N2CCC(CN3CCN(CC(=O)N4CCN(CC[C@H](NC(=O)C5(NC(=O)OC(C)(C)C)CCN(c6ncnc7[nH]ccc67)CC5)c5ccc(Cl)cc5)CC4)CC3)CC2)s1. The van der Waals surface area contributed by atoms with E-state index in [2.05, 4.69) is 85.5 Å². The Morgan fingerprint density at radius 1 is 0.873 bits per heavy atom. The van der Waals surface area contributed by atoms with Gasteiger partial charge in [0.15, 0.2) is 4.34 Å². The Hall–Kier alpha value is -6.17. The Kier molecular flexibility index (Phi) is 17.8. The van der Waals surface area contributed by atoms with E-state index in [9.17, 15) is 19.2 Å². The third kappa shape index (κ3) is 14.2. The van der Waals surface area contributed by atoms with Gasteiger partial charge in [-0.15, -0.1) is 10.2 Å². The number of hydrogen-bond acceptors (Lipinski definition) is 16. The average molecular weight is 1130 g/mol. The van der Waals surface area contributed by atoms with Crippen LogP contribution < -0.4 is 15.5 Å². The number of carbonyl (C=O) groups is 4. The molecule has 4 amide bonds. The van der Waals surface area contributed by atoms with Crippen molar-refractivity contribution < 1.29 is 23.9 Å². The molecule has 20 nitrogen and oxygen atoms in total. The van der Waals surface area contributed by atoms with Gasteiger partial charge in [0, 0.05) is 127 Å². The van der Waals surface area contributed by atoms with E-state index in [4.69, 9.17) is 16.3 Å². The third-order valence-electron chi connectivity index (χ3n) is 15.8. The standard InChI is InChI=1S/C56H72ClN15O5S2/c1-39-33-44(72-24-18-58-38-72)10-7-42(39)36-78-54-65-64-50(79-54)51(74)71-20-12-40(13-21-71)34-67-25-27-68(28-26-67)35-47(73)69-31-29-66(30-32-69)19-14-46(41-5-8-43(57)9-6-41)62-52(75)56(63-53(76)77-55(2,3)4)15-22-70(23-16-56)49-45-11-17-59-48(45)60-37-61-49/h5-11,17-18,24,33,37-38,40,46H,12-16,19-23,25-32,34-36H2,1-4H3,(H,62,75)(H,63,76)(H,59,60,61)/t46-/m0/s1. The van der Waals surface area contributed by atoms with Gasteiger partial charge < -0.3 is 44.5 Å². The highest BCUT2D eigenvalue weighted by atomic mass is 35.5. The number of piperidine rings is 2. The fraction of sp³-hybridized carbons (Fsp3) is 0.518. The van der Waals surface area contributed by atoms with Crippen molar-refractivity contribution in [2.24, 2.45) is 5.92 Å². The minimum Gasteiger partial charge on any atom is -0.444 e. The molecule has 8 heterocycles. The summed E-state index contributed by atoms with van der Waals surface area (Å²) in [4.78, 5) is 84.8. The first-order chi connectivity index (χ1) is 38.1. The van der Waals surface area contributed by atoms with Gasteiger partial charge in [-0.2, -0.15) is 0 Å². The van der Waals surface area contributed by atoms with Crippen LogP contribution in [0.4, 0.5) is 10.6 Å². The molecule has 10 rings (SSSR count). The normalized spacial score (nSPS) is 18.4. The van der Waals surface area contributed by atoms with Gasteiger partial charge in [-0.1, -0.05) is 52.9 Å². The first kappa shape index (κ1) is 56.1. The number of imidazole rings is 1. The molecule has 0 bridgehead atoms. The van der Waals surface area contributed by atoms with Crippen LogP contribution in [0.3, 0.4) is 0 Å². The van der Waals surface area contributed by atoms with Crippen molar-refractivity contribution >= 4 is 75.4 Å². The second-order valence-corrected chi connectivity index (χ2v) is 24.9. The van der Waals surface area contributed by atoms with Crippen LogP contribution in [0.15, 0.2) is 84.1 Å². The Bertz CT molecular complexity index is 3030. The Morgan fingerprint density at radius 2 is 1.61 bits per heavy atom. The number of carbonyl (C=O) groups excluding carboxylic acids is 4. The van der Waals surface area contributed by atoms with Crippen LogP contribution in [0.2, 0.25) is 5.02 Å². The summed E-state index contributed by atoms with van der Waals surface area (Å²) in [5.41, 5.74) is 3.14. The van der Waals surface area contributed by atoms with Gasteiger partial charge in [0.25, 0.3) is 5.91 Å². The van der Waals surface area contributed by atoms with Crippen molar-refractivity contribution in [2.45, 2.75) is 87.1 Å². The number of H-pyrrole nitrogens is 1. The maximum absolute atomic E-state index is 14.7. The van der Waals surface area contributed by atoms with Crippen molar-refractivity contribution in [3.8, 4) is 5.69 Å². The fourth-order valence-electron chi connectivity index (χ4n) is 11.1. The Morgan fingerprint density at radius 3 is 2.32 bits per heavy atom. The quantitative estimate of drug-likeness (QED) is 0.0816. The molecule has 2 aromatic carbocycles. The van der Waals surface area contributed by atoms with E-state index < -0.39 is 17.2 Å². The summed E-state index contributed by atoms with van der Waals surface area (Å²) < 4.78 is 8.49. The molecule has 3 N–H and O–H groups in total. The lowest BCUT2D eigenvalue weighted by molar-refractivity contribution is -0.134. The lowest BCUT2D eigenvalue weighted by Crippen LogP contribution is -2.64. The number of piperazine rings is 2. The van der Waals surface area contributed by atoms with Crippen LogP contribution in [-0.4, -0.2) is 192 Å². The summed E-state index contributed by atoms with van der Waals surface area (Å²) in [5, 5.41) is 17.0. The molecule has 6 aromatic rings. The highest BCUT2D eigenvalue weighted by Crippen LogP contribution is 2.33. The summed E-state index contributed by atoms with van der Waals surface area (Å²) in [7, 11) is 0. The maximum Gasteiger partial charge on any atom is 0.408 e. The highest BCUT2D eigenvalue weighted by Gasteiger charge is 2.45. The second-order valence-electron chi connectivity index (χ2n) is 22.3. The summed E-state index contributed by atoms with van der Waals surface area (Å²) in [6, 6.07) is 15.5. The summed E-state index contributed by atoms with van der Waals surface area (Å²) in [6.45, 7) is 18.3.